The maximum atomic E-state index is 12.4. The number of thiazole rings is 1. The van der Waals surface area contributed by atoms with Gasteiger partial charge in [0.1, 0.15) is 16.4 Å². The van der Waals surface area contributed by atoms with Crippen LogP contribution in [0.2, 0.25) is 0 Å². The second-order valence-corrected chi connectivity index (χ2v) is 5.81. The van der Waals surface area contributed by atoms with Crippen molar-refractivity contribution < 1.29 is 14.7 Å². The lowest BCUT2D eigenvalue weighted by Gasteiger charge is -2.03. The number of nitrogens with one attached hydrogen (secondary N) is 3. The molecule has 4 aromatic heterocycles. The monoisotopic (exact) mass is 383 g/mol. The Labute approximate surface area is 156 Å². The minimum absolute atomic E-state index is 0.250. The van der Waals surface area contributed by atoms with E-state index in [4.69, 9.17) is 9.90 Å². The number of aromatic amines is 2. The van der Waals surface area contributed by atoms with Gasteiger partial charge in [0.15, 0.2) is 0 Å². The molecular weight excluding hydrogens is 370 g/mol. The van der Waals surface area contributed by atoms with Crippen molar-refractivity contribution in [2.75, 3.05) is 5.32 Å². The van der Waals surface area contributed by atoms with Crippen molar-refractivity contribution in [2.24, 2.45) is 0 Å². The van der Waals surface area contributed by atoms with E-state index in [0.29, 0.717) is 22.8 Å². The molecule has 0 aliphatic heterocycles. The molecule has 0 atom stereocenters. The van der Waals surface area contributed by atoms with E-state index in [-0.39, 0.29) is 12.4 Å². The predicted molar refractivity (Wildman–Crippen MR) is 98.2 cm³/mol. The summed E-state index contributed by atoms with van der Waals surface area (Å²) in [6.07, 6.45) is 6.68. The summed E-state index contributed by atoms with van der Waals surface area (Å²) >= 11 is 1.38. The maximum Gasteiger partial charge on any atom is 0.290 e. The first-order valence-electron chi connectivity index (χ1n) is 7.52. The summed E-state index contributed by atoms with van der Waals surface area (Å²) in [5, 5.41) is 25.6. The van der Waals surface area contributed by atoms with E-state index in [1.807, 2.05) is 18.2 Å². The van der Waals surface area contributed by atoms with E-state index >= 15 is 0 Å². The van der Waals surface area contributed by atoms with Gasteiger partial charge in [-0.15, -0.1) is 11.3 Å². The Kier molecular flexibility index (Phi) is 5.64. The summed E-state index contributed by atoms with van der Waals surface area (Å²) < 4.78 is 0. The zero-order valence-electron chi connectivity index (χ0n) is 13.7. The van der Waals surface area contributed by atoms with Crippen molar-refractivity contribution >= 4 is 29.4 Å². The average Bonchev–Trinajstić information content (AvgIpc) is 3.44. The summed E-state index contributed by atoms with van der Waals surface area (Å²) in [4.78, 5) is 29.4. The van der Waals surface area contributed by atoms with Crippen molar-refractivity contribution in [1.29, 1.82) is 0 Å². The molecule has 0 aromatic carbocycles. The van der Waals surface area contributed by atoms with Crippen LogP contribution >= 0.6 is 11.3 Å². The third kappa shape index (κ3) is 4.22. The van der Waals surface area contributed by atoms with Crippen LogP contribution in [0.5, 0.6) is 0 Å². The SMILES string of the molecule is O=C(Nc1c[nH]nc1-c1ccccn1)c1csc(-c2cn[nH]c2)n1.O=CO. The first kappa shape index (κ1) is 17.9. The third-order valence-electron chi connectivity index (χ3n) is 3.28. The topological polar surface area (TPSA) is 150 Å². The molecule has 4 rings (SSSR count). The second kappa shape index (κ2) is 8.49. The van der Waals surface area contributed by atoms with Crippen molar-refractivity contribution in [3.05, 3.63) is 54.1 Å². The standard InChI is InChI=1S/C15H11N7OS.CH2O2/c23-14(12-8-24-15(21-12)9-5-17-18-6-9)20-11-7-19-22-13(11)10-3-1-2-4-16-10;2-1-3/h1-8H,(H,17,18)(H,19,22)(H,20,23);1H,(H,2,3). The fourth-order valence-electron chi connectivity index (χ4n) is 2.15. The Bertz CT molecular complexity index is 1010. The highest BCUT2D eigenvalue weighted by atomic mass is 32.1. The first-order chi connectivity index (χ1) is 13.2. The Morgan fingerprint density at radius 3 is 2.81 bits per heavy atom. The van der Waals surface area contributed by atoms with Gasteiger partial charge in [-0.1, -0.05) is 6.07 Å². The lowest BCUT2D eigenvalue weighted by Crippen LogP contribution is -2.12. The summed E-state index contributed by atoms with van der Waals surface area (Å²) in [6.45, 7) is -0.250. The largest absolute Gasteiger partial charge is 0.483 e. The van der Waals surface area contributed by atoms with Gasteiger partial charge in [-0.05, 0) is 12.1 Å². The van der Waals surface area contributed by atoms with Crippen molar-refractivity contribution in [3.63, 3.8) is 0 Å². The van der Waals surface area contributed by atoms with Crippen molar-refractivity contribution in [2.45, 2.75) is 0 Å². The van der Waals surface area contributed by atoms with E-state index in [2.05, 4.69) is 35.7 Å². The highest BCUT2D eigenvalue weighted by molar-refractivity contribution is 7.13. The van der Waals surface area contributed by atoms with Crippen molar-refractivity contribution in [3.8, 4) is 22.0 Å². The molecule has 136 valence electrons. The molecule has 0 saturated heterocycles. The number of carbonyl (C=O) groups is 2. The Balaban J connectivity index is 0.000000659. The van der Waals surface area contributed by atoms with Crippen LogP contribution in [0.1, 0.15) is 10.5 Å². The summed E-state index contributed by atoms with van der Waals surface area (Å²) in [5.74, 6) is -0.306. The second-order valence-electron chi connectivity index (χ2n) is 4.95. The predicted octanol–water partition coefficient (Wildman–Crippen LogP) is 2.27. The van der Waals surface area contributed by atoms with E-state index in [0.717, 1.165) is 10.6 Å². The molecule has 1 amide bonds. The number of pyridine rings is 1. The molecule has 0 unspecified atom stereocenters. The number of carbonyl (C=O) groups excluding carboxylic acids is 1. The van der Waals surface area contributed by atoms with Gasteiger partial charge in [0.25, 0.3) is 12.4 Å². The van der Waals surface area contributed by atoms with Gasteiger partial charge in [-0.3, -0.25) is 24.8 Å². The summed E-state index contributed by atoms with van der Waals surface area (Å²) in [6, 6.07) is 5.51. The zero-order chi connectivity index (χ0) is 19.1. The van der Waals surface area contributed by atoms with Crippen LogP contribution in [-0.2, 0) is 4.79 Å². The van der Waals surface area contributed by atoms with Crippen LogP contribution in [0, 0.1) is 0 Å². The van der Waals surface area contributed by atoms with E-state index in [1.165, 1.54) is 11.3 Å². The molecule has 0 aliphatic carbocycles. The molecule has 0 fully saturated rings. The Hall–Kier alpha value is -3.86. The number of aromatic nitrogens is 6. The average molecular weight is 383 g/mol. The molecule has 0 aliphatic rings. The van der Waals surface area contributed by atoms with Gasteiger partial charge in [-0.25, -0.2) is 4.98 Å². The van der Waals surface area contributed by atoms with Gasteiger partial charge in [0, 0.05) is 29.5 Å². The fourth-order valence-corrected chi connectivity index (χ4v) is 2.93. The molecule has 0 spiro atoms. The number of hydrogen-bond acceptors (Lipinski definition) is 7. The maximum absolute atomic E-state index is 12.4. The smallest absolute Gasteiger partial charge is 0.290 e. The number of hydrogen-bond donors (Lipinski definition) is 4. The molecule has 0 bridgehead atoms. The number of nitrogens with zero attached hydrogens (tertiary/aromatic N) is 4. The van der Waals surface area contributed by atoms with Crippen molar-refractivity contribution in [1.82, 2.24) is 30.4 Å². The van der Waals surface area contributed by atoms with Crippen LogP contribution in [0.25, 0.3) is 22.0 Å². The Morgan fingerprint density at radius 2 is 2.11 bits per heavy atom. The normalized spacial score (nSPS) is 9.93. The van der Waals surface area contributed by atoms with Crippen LogP contribution in [0.3, 0.4) is 0 Å². The molecule has 0 radical (unpaired) electrons. The molecule has 4 N–H and O–H groups in total. The number of H-pyrrole nitrogens is 2. The molecule has 11 heteroatoms. The van der Waals surface area contributed by atoms with Gasteiger partial charge in [0.05, 0.1) is 17.6 Å². The number of anilines is 1. The van der Waals surface area contributed by atoms with Gasteiger partial charge in [0.2, 0.25) is 0 Å². The summed E-state index contributed by atoms with van der Waals surface area (Å²) in [5.41, 5.74) is 2.98. The quantitative estimate of drug-likeness (QED) is 0.395. The first-order valence-corrected chi connectivity index (χ1v) is 8.40. The van der Waals surface area contributed by atoms with Gasteiger partial charge < -0.3 is 10.4 Å². The molecule has 27 heavy (non-hydrogen) atoms. The van der Waals surface area contributed by atoms with Crippen LogP contribution in [0.15, 0.2) is 48.4 Å². The molecule has 0 saturated carbocycles. The highest BCUT2D eigenvalue weighted by Crippen LogP contribution is 2.25. The van der Waals surface area contributed by atoms with Crippen LogP contribution in [-0.4, -0.2) is 47.8 Å². The lowest BCUT2D eigenvalue weighted by atomic mass is 10.2. The van der Waals surface area contributed by atoms with Gasteiger partial charge in [-0.2, -0.15) is 10.2 Å². The fraction of sp³-hybridized carbons (Fsp3) is 0. The summed E-state index contributed by atoms with van der Waals surface area (Å²) in [7, 11) is 0. The molecule has 4 aromatic rings. The van der Waals surface area contributed by atoms with E-state index in [9.17, 15) is 4.79 Å². The Morgan fingerprint density at radius 1 is 1.26 bits per heavy atom. The molecule has 4 heterocycles. The minimum Gasteiger partial charge on any atom is -0.483 e. The zero-order valence-corrected chi connectivity index (χ0v) is 14.5. The van der Waals surface area contributed by atoms with Crippen LogP contribution in [0.4, 0.5) is 5.69 Å². The van der Waals surface area contributed by atoms with Crippen LogP contribution < -0.4 is 5.32 Å². The number of rotatable bonds is 4. The molecule has 10 nitrogen and oxygen atoms in total. The minimum atomic E-state index is -0.306. The lowest BCUT2D eigenvalue weighted by molar-refractivity contribution is -0.122. The molecular formula is C16H13N7O3S. The highest BCUT2D eigenvalue weighted by Gasteiger charge is 2.16. The number of amides is 1. The van der Waals surface area contributed by atoms with E-state index in [1.54, 1.807) is 30.2 Å². The van der Waals surface area contributed by atoms with Gasteiger partial charge >= 0.3 is 0 Å². The number of carboxylic acid groups (broad SMARTS) is 1. The third-order valence-corrected chi connectivity index (χ3v) is 4.17. The van der Waals surface area contributed by atoms with E-state index < -0.39 is 0 Å².